The van der Waals surface area contributed by atoms with Gasteiger partial charge >= 0.3 is 18.0 Å². The van der Waals surface area contributed by atoms with Crippen LogP contribution in [0.1, 0.15) is 27.7 Å². The van der Waals surface area contributed by atoms with Crippen molar-refractivity contribution in [2.75, 3.05) is 21.3 Å². The Morgan fingerprint density at radius 3 is 1.27 bits per heavy atom. The highest BCUT2D eigenvalue weighted by atomic mass is 16.7. The molecule has 3 aromatic rings. The second kappa shape index (κ2) is 12.5. The maximum absolute atomic E-state index is 12.4. The fraction of sp³-hybridized carbons (Fsp3) is 0.214. The number of rotatable bonds is 11. The van der Waals surface area contributed by atoms with Crippen LogP contribution in [-0.4, -0.2) is 41.0 Å². The predicted molar refractivity (Wildman–Crippen MR) is 149 cm³/mol. The zero-order valence-electron chi connectivity index (χ0n) is 22.3. The predicted octanol–water partition coefficient (Wildman–Crippen LogP) is 5.50. The molecule has 12 nitrogen and oxygen atoms in total. The van der Waals surface area contributed by atoms with Crippen LogP contribution in [0.3, 0.4) is 0 Å². The number of hydrogen-bond acceptors (Lipinski definition) is 7. The monoisotopic (exact) mass is 550 g/mol. The van der Waals surface area contributed by atoms with Crippen molar-refractivity contribution in [3.05, 3.63) is 72.8 Å². The summed E-state index contributed by atoms with van der Waals surface area (Å²) in [4.78, 5) is 46.4. The first-order valence-electron chi connectivity index (χ1n) is 12.0. The molecule has 0 saturated carbocycles. The average molecular weight is 551 g/mol. The molecule has 0 spiro atoms. The third kappa shape index (κ3) is 8.94. The molecule has 3 aromatic carbocycles. The lowest BCUT2D eigenvalue weighted by Gasteiger charge is -2.24. The number of carboxylic acid groups (broad SMARTS) is 1. The first-order chi connectivity index (χ1) is 18.8. The van der Waals surface area contributed by atoms with Crippen LogP contribution < -0.4 is 30.7 Å². The van der Waals surface area contributed by atoms with Gasteiger partial charge in [-0.2, -0.15) is 0 Å². The molecule has 0 radical (unpaired) electrons. The standard InChI is InChI=1S/C28H30N4O8/c1-27(2,24(34)35)39-22-13-9-20(10-14-22)31-25(36)29-18-5-7-19(8-6-18)30-26(37)32-21-11-15-23(16-12-21)40-28(3,4)38-17-33/h5-17H,1-4H3,(H,34,35)(H2,29,31,36)(H2,30,32,37). The zero-order chi connectivity index (χ0) is 29.3. The van der Waals surface area contributed by atoms with E-state index in [9.17, 15) is 19.2 Å². The van der Waals surface area contributed by atoms with Crippen LogP contribution in [0.25, 0.3) is 0 Å². The Kier molecular flexibility index (Phi) is 9.17. The smallest absolute Gasteiger partial charge is 0.347 e. The Labute approximate surface area is 230 Å². The van der Waals surface area contributed by atoms with Crippen molar-refractivity contribution in [1.29, 1.82) is 0 Å². The number of aliphatic carboxylic acids is 1. The number of benzene rings is 3. The van der Waals surface area contributed by atoms with Crippen molar-refractivity contribution in [2.24, 2.45) is 0 Å². The van der Waals surface area contributed by atoms with Crippen LogP contribution >= 0.6 is 0 Å². The number of hydrogen-bond donors (Lipinski definition) is 5. The third-order valence-corrected chi connectivity index (χ3v) is 5.21. The van der Waals surface area contributed by atoms with Crippen LogP contribution in [-0.2, 0) is 14.3 Å². The van der Waals surface area contributed by atoms with Crippen molar-refractivity contribution in [1.82, 2.24) is 0 Å². The Hall–Kier alpha value is -5.26. The van der Waals surface area contributed by atoms with Crippen molar-refractivity contribution in [2.45, 2.75) is 39.1 Å². The van der Waals surface area contributed by atoms with Crippen LogP contribution in [0.4, 0.5) is 32.3 Å². The minimum Gasteiger partial charge on any atom is -0.478 e. The number of carbonyl (C=O) groups is 4. The van der Waals surface area contributed by atoms with Gasteiger partial charge < -0.3 is 40.6 Å². The topological polar surface area (TPSA) is 164 Å². The van der Waals surface area contributed by atoms with E-state index in [0.717, 1.165) is 0 Å². The summed E-state index contributed by atoms with van der Waals surface area (Å²) in [6.45, 7) is 6.37. The molecule has 4 amide bonds. The molecule has 12 heteroatoms. The second-order valence-electron chi connectivity index (χ2n) is 9.42. The number of nitrogens with one attached hydrogen (secondary N) is 4. The molecule has 0 bridgehead atoms. The van der Waals surface area contributed by atoms with Crippen LogP contribution in [0.15, 0.2) is 72.8 Å². The lowest BCUT2D eigenvalue weighted by Crippen LogP contribution is -2.37. The first-order valence-corrected chi connectivity index (χ1v) is 12.0. The van der Waals surface area contributed by atoms with Crippen LogP contribution in [0, 0.1) is 0 Å². The molecule has 0 saturated heterocycles. The Morgan fingerprint density at radius 1 is 0.625 bits per heavy atom. The van der Waals surface area contributed by atoms with Crippen molar-refractivity contribution in [3.8, 4) is 11.5 Å². The molecule has 0 aliphatic rings. The van der Waals surface area contributed by atoms with Crippen LogP contribution in [0.2, 0.25) is 0 Å². The van der Waals surface area contributed by atoms with Gasteiger partial charge in [0.2, 0.25) is 5.79 Å². The fourth-order valence-corrected chi connectivity index (χ4v) is 3.20. The Bertz CT molecular complexity index is 1340. The van der Waals surface area contributed by atoms with Gasteiger partial charge in [-0.3, -0.25) is 4.79 Å². The highest BCUT2D eigenvalue weighted by molar-refractivity contribution is 6.01. The van der Waals surface area contributed by atoms with Gasteiger partial charge in [0, 0.05) is 36.6 Å². The summed E-state index contributed by atoms with van der Waals surface area (Å²) in [5.74, 6) is -1.42. The number of anilines is 4. The molecule has 40 heavy (non-hydrogen) atoms. The summed E-state index contributed by atoms with van der Waals surface area (Å²) in [7, 11) is 0. The lowest BCUT2D eigenvalue weighted by molar-refractivity contribution is -0.170. The number of carboxylic acids is 1. The second-order valence-corrected chi connectivity index (χ2v) is 9.42. The molecule has 0 aromatic heterocycles. The van der Waals surface area contributed by atoms with Crippen LogP contribution in [0.5, 0.6) is 11.5 Å². The van der Waals surface area contributed by atoms with Gasteiger partial charge in [0.15, 0.2) is 5.60 Å². The number of amides is 4. The third-order valence-electron chi connectivity index (χ3n) is 5.21. The number of carbonyl (C=O) groups excluding carboxylic acids is 3. The molecule has 0 heterocycles. The van der Waals surface area contributed by atoms with E-state index in [2.05, 4.69) is 21.3 Å². The molecule has 210 valence electrons. The molecule has 0 aliphatic heterocycles. The van der Waals surface area contributed by atoms with E-state index in [1.807, 2.05) is 0 Å². The van der Waals surface area contributed by atoms with Gasteiger partial charge in [-0.15, -0.1) is 0 Å². The van der Waals surface area contributed by atoms with Crippen molar-refractivity contribution < 1.29 is 38.5 Å². The van der Waals surface area contributed by atoms with Gasteiger partial charge in [0.05, 0.1) is 0 Å². The van der Waals surface area contributed by atoms with E-state index in [0.29, 0.717) is 40.7 Å². The van der Waals surface area contributed by atoms with Crippen molar-refractivity contribution >= 4 is 47.3 Å². The van der Waals surface area contributed by atoms with E-state index in [4.69, 9.17) is 19.3 Å². The summed E-state index contributed by atoms with van der Waals surface area (Å²) in [5, 5.41) is 19.9. The molecule has 0 unspecified atom stereocenters. The Balaban J connectivity index is 1.47. The normalized spacial score (nSPS) is 11.0. The van der Waals surface area contributed by atoms with E-state index in [1.54, 1.807) is 86.6 Å². The van der Waals surface area contributed by atoms with E-state index in [-0.39, 0.29) is 0 Å². The van der Waals surface area contributed by atoms with E-state index < -0.39 is 29.4 Å². The molecule has 0 atom stereocenters. The van der Waals surface area contributed by atoms with Gasteiger partial charge in [-0.05, 0) is 86.6 Å². The number of urea groups is 2. The zero-order valence-corrected chi connectivity index (χ0v) is 22.3. The van der Waals surface area contributed by atoms with E-state index in [1.165, 1.54) is 13.8 Å². The minimum atomic E-state index is -1.39. The van der Waals surface area contributed by atoms with Gasteiger partial charge in [-0.1, -0.05) is 0 Å². The van der Waals surface area contributed by atoms with Gasteiger partial charge in [0.25, 0.3) is 6.47 Å². The Morgan fingerprint density at radius 2 is 0.950 bits per heavy atom. The lowest BCUT2D eigenvalue weighted by atomic mass is 10.1. The highest BCUT2D eigenvalue weighted by Gasteiger charge is 2.29. The maximum Gasteiger partial charge on any atom is 0.347 e. The molecule has 5 N–H and O–H groups in total. The summed E-state index contributed by atoms with van der Waals surface area (Å²) < 4.78 is 15.8. The molecule has 3 rings (SSSR count). The maximum atomic E-state index is 12.4. The SMILES string of the molecule is CC(C)(OC=O)Oc1ccc(NC(=O)Nc2ccc(NC(=O)Nc3ccc(OC(C)(C)C(=O)O)cc3)cc2)cc1. The molecular weight excluding hydrogens is 520 g/mol. The van der Waals surface area contributed by atoms with E-state index >= 15 is 0 Å². The summed E-state index contributed by atoms with van der Waals surface area (Å²) in [5.41, 5.74) is 0.589. The summed E-state index contributed by atoms with van der Waals surface area (Å²) in [6, 6.07) is 18.3. The van der Waals surface area contributed by atoms with Crippen molar-refractivity contribution in [3.63, 3.8) is 0 Å². The summed E-state index contributed by atoms with van der Waals surface area (Å²) >= 11 is 0. The fourth-order valence-electron chi connectivity index (χ4n) is 3.20. The molecular formula is C28H30N4O8. The molecule has 0 aliphatic carbocycles. The highest BCUT2D eigenvalue weighted by Crippen LogP contribution is 2.23. The van der Waals surface area contributed by atoms with Gasteiger partial charge in [0.1, 0.15) is 11.5 Å². The molecule has 0 fully saturated rings. The quantitative estimate of drug-likeness (QED) is 0.154. The van der Waals surface area contributed by atoms with Gasteiger partial charge in [-0.25, -0.2) is 14.4 Å². The summed E-state index contributed by atoms with van der Waals surface area (Å²) in [6.07, 6.45) is 0. The average Bonchev–Trinajstić information content (AvgIpc) is 2.87. The minimum absolute atomic E-state index is 0.308. The first kappa shape index (κ1) is 29.3. The number of ether oxygens (including phenoxy) is 3. The largest absolute Gasteiger partial charge is 0.478 e.